The predicted octanol–water partition coefficient (Wildman–Crippen LogP) is 1.52. The van der Waals surface area contributed by atoms with Crippen LogP contribution in [0.4, 0.5) is 0 Å². The summed E-state index contributed by atoms with van der Waals surface area (Å²) in [5.74, 6) is 0.974. The van der Waals surface area contributed by atoms with Crippen LogP contribution in [-0.4, -0.2) is 80.1 Å². The third-order valence-electron chi connectivity index (χ3n) is 4.48. The summed E-state index contributed by atoms with van der Waals surface area (Å²) in [7, 11) is 3.96. The molecule has 0 amide bonds. The van der Waals surface area contributed by atoms with Gasteiger partial charge in [0.1, 0.15) is 0 Å². The van der Waals surface area contributed by atoms with Gasteiger partial charge in [-0.05, 0) is 28.1 Å². The molecule has 0 radical (unpaired) electrons. The average Bonchev–Trinajstić information content (AvgIpc) is 2.94. The fraction of sp³-hybridized carbons (Fsp3) is 0.667. The van der Waals surface area contributed by atoms with Crippen LogP contribution in [0.25, 0.3) is 0 Å². The van der Waals surface area contributed by atoms with Gasteiger partial charge in [-0.2, -0.15) is 0 Å². The average molecular weight is 386 g/mol. The van der Waals surface area contributed by atoms with E-state index in [9.17, 15) is 0 Å². The molecule has 3 fully saturated rings. The molecule has 4 heterocycles. The van der Waals surface area contributed by atoms with E-state index in [1.165, 1.54) is 41.4 Å². The second-order valence-electron chi connectivity index (χ2n) is 5.98. The highest BCUT2D eigenvalue weighted by atomic mass is 79.9. The highest BCUT2D eigenvalue weighted by molar-refractivity contribution is 9.11. The van der Waals surface area contributed by atoms with Gasteiger partial charge < -0.3 is 10.2 Å². The monoisotopic (exact) mass is 385 g/mol. The number of guanidine groups is 1. The van der Waals surface area contributed by atoms with Crippen molar-refractivity contribution < 1.29 is 0 Å². The zero-order valence-electron chi connectivity index (χ0n) is 13.3. The van der Waals surface area contributed by atoms with Gasteiger partial charge in [0.15, 0.2) is 5.96 Å². The zero-order chi connectivity index (χ0) is 15.5. The van der Waals surface area contributed by atoms with Crippen molar-refractivity contribution in [1.82, 2.24) is 20.0 Å². The highest BCUT2D eigenvalue weighted by Gasteiger charge is 2.31. The van der Waals surface area contributed by atoms with E-state index in [1.54, 1.807) is 11.3 Å². The van der Waals surface area contributed by atoms with Crippen molar-refractivity contribution in [3.8, 4) is 0 Å². The molecule has 122 valence electrons. The molecule has 1 atom stereocenters. The summed E-state index contributed by atoms with van der Waals surface area (Å²) in [4.78, 5) is 13.1. The van der Waals surface area contributed by atoms with Crippen LogP contribution in [0.1, 0.15) is 4.88 Å². The molecule has 1 aromatic rings. The second kappa shape index (κ2) is 7.29. The highest BCUT2D eigenvalue weighted by Crippen LogP contribution is 2.23. The molecule has 3 aliphatic rings. The molecule has 5 nitrogen and oxygen atoms in total. The molecule has 0 spiro atoms. The van der Waals surface area contributed by atoms with Crippen LogP contribution in [0.15, 0.2) is 20.9 Å². The van der Waals surface area contributed by atoms with E-state index in [1.807, 2.05) is 7.05 Å². The number of halogens is 1. The molecule has 22 heavy (non-hydrogen) atoms. The maximum absolute atomic E-state index is 4.43. The van der Waals surface area contributed by atoms with Gasteiger partial charge in [-0.1, -0.05) is 0 Å². The van der Waals surface area contributed by atoms with Crippen molar-refractivity contribution in [2.24, 2.45) is 4.99 Å². The fourth-order valence-corrected chi connectivity index (χ4v) is 4.79. The molecule has 3 saturated heterocycles. The van der Waals surface area contributed by atoms with E-state index in [4.69, 9.17) is 0 Å². The Hall–Kier alpha value is -0.630. The number of hydrogen-bond acceptors (Lipinski definition) is 4. The van der Waals surface area contributed by atoms with Crippen molar-refractivity contribution in [3.63, 3.8) is 0 Å². The molecule has 4 rings (SSSR count). The normalized spacial score (nSPS) is 28.0. The molecule has 0 aromatic carbocycles. The first-order valence-electron chi connectivity index (χ1n) is 7.78. The Kier molecular flexibility index (Phi) is 5.38. The minimum Gasteiger partial charge on any atom is -0.355 e. The predicted molar refractivity (Wildman–Crippen MR) is 96.6 cm³/mol. The Bertz CT molecular complexity index is 524. The van der Waals surface area contributed by atoms with Gasteiger partial charge in [-0.15, -0.1) is 11.3 Å². The van der Waals surface area contributed by atoms with Crippen LogP contribution in [0, 0.1) is 0 Å². The number of piperazine rings is 3. The molecule has 0 aliphatic carbocycles. The molecule has 1 unspecified atom stereocenters. The summed E-state index contributed by atoms with van der Waals surface area (Å²) < 4.78 is 1.18. The van der Waals surface area contributed by atoms with Crippen LogP contribution in [0.3, 0.4) is 0 Å². The third kappa shape index (κ3) is 3.82. The molecule has 2 bridgehead atoms. The first-order valence-corrected chi connectivity index (χ1v) is 9.39. The molecule has 0 saturated carbocycles. The van der Waals surface area contributed by atoms with Gasteiger partial charge in [0, 0.05) is 64.3 Å². The van der Waals surface area contributed by atoms with E-state index in [-0.39, 0.29) is 0 Å². The van der Waals surface area contributed by atoms with Gasteiger partial charge in [0.2, 0.25) is 0 Å². The van der Waals surface area contributed by atoms with Crippen molar-refractivity contribution >= 4 is 33.2 Å². The third-order valence-corrected chi connectivity index (χ3v) is 6.09. The molecule has 1 aromatic heterocycles. The number of nitrogens with zero attached hydrogens (tertiary/aromatic N) is 4. The number of thiophene rings is 1. The minimum absolute atomic E-state index is 0.614. The van der Waals surface area contributed by atoms with Crippen molar-refractivity contribution in [2.75, 3.05) is 53.4 Å². The van der Waals surface area contributed by atoms with E-state index in [0.29, 0.717) is 6.04 Å². The summed E-state index contributed by atoms with van der Waals surface area (Å²) >= 11 is 5.30. The molecular formula is C15H24BrN5S. The number of aliphatic imine (C=N–C) groups is 1. The van der Waals surface area contributed by atoms with Gasteiger partial charge in [0.25, 0.3) is 0 Å². The van der Waals surface area contributed by atoms with Gasteiger partial charge in [-0.3, -0.25) is 14.8 Å². The van der Waals surface area contributed by atoms with Crippen LogP contribution < -0.4 is 5.32 Å². The van der Waals surface area contributed by atoms with E-state index < -0.39 is 0 Å². The topological polar surface area (TPSA) is 34.1 Å². The summed E-state index contributed by atoms with van der Waals surface area (Å²) in [5, 5.41) is 3.55. The Labute approximate surface area is 145 Å². The van der Waals surface area contributed by atoms with Gasteiger partial charge in [-0.25, -0.2) is 0 Å². The number of rotatable bonds is 4. The van der Waals surface area contributed by atoms with Crippen LogP contribution in [0.5, 0.6) is 0 Å². The van der Waals surface area contributed by atoms with Crippen molar-refractivity contribution in [3.05, 3.63) is 20.8 Å². The Balaban J connectivity index is 1.51. The molecular weight excluding hydrogens is 362 g/mol. The van der Waals surface area contributed by atoms with Crippen LogP contribution >= 0.6 is 27.3 Å². The van der Waals surface area contributed by atoms with E-state index in [0.717, 1.165) is 19.0 Å². The molecule has 1 N–H and O–H groups in total. The lowest BCUT2D eigenvalue weighted by molar-refractivity contribution is 0.0152. The maximum Gasteiger partial charge on any atom is 0.193 e. The van der Waals surface area contributed by atoms with Gasteiger partial charge in [0.05, 0.1) is 10.3 Å². The standard InChI is InChI=1S/C15H24BrN5S/c1-17-15(19(2)11-13-3-4-14(16)22-13)18-9-12-10-20-5-7-21(12)8-6-20/h3-4,12H,5-11H2,1-2H3,(H,17,18). The van der Waals surface area contributed by atoms with Crippen molar-refractivity contribution in [2.45, 2.75) is 12.6 Å². The quantitative estimate of drug-likeness (QED) is 0.629. The number of fused-ring (bicyclic) bond motifs is 3. The summed E-state index contributed by atoms with van der Waals surface area (Å²) in [5.41, 5.74) is 0. The van der Waals surface area contributed by atoms with Crippen LogP contribution in [-0.2, 0) is 6.54 Å². The molecule has 3 aliphatic heterocycles. The first kappa shape index (κ1) is 16.2. The number of hydrogen-bond donors (Lipinski definition) is 1. The Morgan fingerprint density at radius 2 is 2.18 bits per heavy atom. The second-order valence-corrected chi connectivity index (χ2v) is 8.53. The largest absolute Gasteiger partial charge is 0.355 e. The summed E-state index contributed by atoms with van der Waals surface area (Å²) in [6, 6.07) is 4.88. The smallest absolute Gasteiger partial charge is 0.193 e. The summed E-state index contributed by atoms with van der Waals surface area (Å²) in [6.45, 7) is 7.94. The summed E-state index contributed by atoms with van der Waals surface area (Å²) in [6.07, 6.45) is 0. The maximum atomic E-state index is 4.43. The number of nitrogens with one attached hydrogen (secondary N) is 1. The van der Waals surface area contributed by atoms with Crippen LogP contribution in [0.2, 0.25) is 0 Å². The lowest BCUT2D eigenvalue weighted by atomic mass is 10.1. The van der Waals surface area contributed by atoms with E-state index >= 15 is 0 Å². The SMILES string of the molecule is CN=C(NCC1CN2CCN1CC2)N(C)Cc1ccc(Br)s1. The first-order chi connectivity index (χ1) is 10.7. The van der Waals surface area contributed by atoms with Crippen molar-refractivity contribution in [1.29, 1.82) is 0 Å². The fourth-order valence-electron chi connectivity index (χ4n) is 3.26. The van der Waals surface area contributed by atoms with Gasteiger partial charge >= 0.3 is 0 Å². The lowest BCUT2D eigenvalue weighted by Gasteiger charge is -2.47. The minimum atomic E-state index is 0.614. The molecule has 7 heteroatoms. The lowest BCUT2D eigenvalue weighted by Crippen LogP contribution is -2.63. The van der Waals surface area contributed by atoms with E-state index in [2.05, 4.69) is 60.1 Å². The Morgan fingerprint density at radius 1 is 1.41 bits per heavy atom. The Morgan fingerprint density at radius 3 is 2.73 bits per heavy atom. The zero-order valence-corrected chi connectivity index (χ0v) is 15.7.